The van der Waals surface area contributed by atoms with Crippen molar-refractivity contribution < 1.29 is 19.1 Å². The molecule has 0 N–H and O–H groups in total. The molecule has 1 aromatic heterocycles. The average molecular weight is 261 g/mol. The fourth-order valence-electron chi connectivity index (χ4n) is 1.91. The van der Waals surface area contributed by atoms with Crippen LogP contribution in [0, 0.1) is 13.8 Å². The lowest BCUT2D eigenvalue weighted by Gasteiger charge is -2.17. The fourth-order valence-corrected chi connectivity index (χ4v) is 1.91. The van der Waals surface area contributed by atoms with Crippen molar-refractivity contribution in [2.24, 2.45) is 0 Å². The van der Waals surface area contributed by atoms with E-state index in [2.05, 4.69) is 0 Å². The van der Waals surface area contributed by atoms with Gasteiger partial charge in [-0.1, -0.05) is 0 Å². The number of carboxylic acid groups (broad SMARTS) is 1. The SMILES string of the molecule is Cc1cc(O[C@H](C)C(=O)[O-])c2c(C)cc(=O)oc2c1. The highest BCUT2D eigenvalue weighted by Crippen LogP contribution is 2.30. The van der Waals surface area contributed by atoms with Crippen molar-refractivity contribution >= 4 is 16.9 Å². The Kier molecular flexibility index (Phi) is 3.29. The van der Waals surface area contributed by atoms with Crippen molar-refractivity contribution in [3.63, 3.8) is 0 Å². The Labute approximate surface area is 109 Å². The molecule has 1 atom stereocenters. The first kappa shape index (κ1) is 13.1. The van der Waals surface area contributed by atoms with Gasteiger partial charge in [0.2, 0.25) is 0 Å². The first-order valence-electron chi connectivity index (χ1n) is 5.81. The Morgan fingerprint density at radius 3 is 2.63 bits per heavy atom. The van der Waals surface area contributed by atoms with Crippen LogP contribution in [0.15, 0.2) is 27.4 Å². The van der Waals surface area contributed by atoms with E-state index >= 15 is 0 Å². The van der Waals surface area contributed by atoms with E-state index < -0.39 is 17.7 Å². The second kappa shape index (κ2) is 4.76. The van der Waals surface area contributed by atoms with Crippen LogP contribution in [0.4, 0.5) is 0 Å². The van der Waals surface area contributed by atoms with Crippen molar-refractivity contribution in [3.8, 4) is 5.75 Å². The highest BCUT2D eigenvalue weighted by Gasteiger charge is 2.13. The molecular weight excluding hydrogens is 248 g/mol. The second-order valence-electron chi connectivity index (χ2n) is 4.46. The van der Waals surface area contributed by atoms with Crippen molar-refractivity contribution in [1.29, 1.82) is 0 Å². The van der Waals surface area contributed by atoms with Gasteiger partial charge in [0.1, 0.15) is 17.4 Å². The molecule has 0 radical (unpaired) electrons. The molecule has 2 aromatic rings. The summed E-state index contributed by atoms with van der Waals surface area (Å²) in [5, 5.41) is 11.3. The van der Waals surface area contributed by atoms with Gasteiger partial charge in [0.15, 0.2) is 0 Å². The summed E-state index contributed by atoms with van der Waals surface area (Å²) in [6.07, 6.45) is -1.09. The Balaban J connectivity index is 2.66. The van der Waals surface area contributed by atoms with Gasteiger partial charge in [-0.05, 0) is 44.0 Å². The van der Waals surface area contributed by atoms with Crippen LogP contribution >= 0.6 is 0 Å². The number of ether oxygens (including phenoxy) is 1. The van der Waals surface area contributed by atoms with Crippen LogP contribution in [-0.4, -0.2) is 12.1 Å². The zero-order valence-corrected chi connectivity index (χ0v) is 10.9. The molecule has 5 nitrogen and oxygen atoms in total. The molecule has 0 saturated heterocycles. The van der Waals surface area contributed by atoms with Gasteiger partial charge in [0.05, 0.1) is 11.4 Å². The Morgan fingerprint density at radius 2 is 2.00 bits per heavy atom. The summed E-state index contributed by atoms with van der Waals surface area (Å²) < 4.78 is 10.5. The number of hydrogen-bond donors (Lipinski definition) is 0. The minimum atomic E-state index is -1.30. The lowest BCUT2D eigenvalue weighted by atomic mass is 10.1. The van der Waals surface area contributed by atoms with Gasteiger partial charge in [-0.25, -0.2) is 4.79 Å². The number of carbonyl (C=O) groups is 1. The maximum Gasteiger partial charge on any atom is 0.336 e. The van der Waals surface area contributed by atoms with Crippen LogP contribution in [-0.2, 0) is 4.79 Å². The van der Waals surface area contributed by atoms with Gasteiger partial charge in [-0.3, -0.25) is 0 Å². The van der Waals surface area contributed by atoms with Crippen LogP contribution < -0.4 is 15.5 Å². The minimum Gasteiger partial charge on any atom is -0.546 e. The fraction of sp³-hybridized carbons (Fsp3) is 0.286. The number of carbonyl (C=O) groups excluding carboxylic acids is 1. The Morgan fingerprint density at radius 1 is 1.32 bits per heavy atom. The summed E-state index contributed by atoms with van der Waals surface area (Å²) in [5.41, 5.74) is 1.41. The van der Waals surface area contributed by atoms with Crippen LogP contribution in [0.25, 0.3) is 11.0 Å². The molecule has 0 aliphatic carbocycles. The highest BCUT2D eigenvalue weighted by atomic mass is 16.5. The summed E-state index contributed by atoms with van der Waals surface area (Å²) in [7, 11) is 0. The number of aliphatic carboxylic acids is 1. The van der Waals surface area contributed by atoms with Crippen LogP contribution in [0.3, 0.4) is 0 Å². The predicted molar refractivity (Wildman–Crippen MR) is 67.1 cm³/mol. The maximum absolute atomic E-state index is 11.3. The number of benzene rings is 1. The molecule has 0 bridgehead atoms. The quantitative estimate of drug-likeness (QED) is 0.768. The summed E-state index contributed by atoms with van der Waals surface area (Å²) in [5.74, 6) is -0.933. The predicted octanol–water partition coefficient (Wildman–Crippen LogP) is 0.927. The summed E-state index contributed by atoms with van der Waals surface area (Å²) in [4.78, 5) is 22.1. The molecule has 1 aromatic carbocycles. The van der Waals surface area contributed by atoms with Gasteiger partial charge in [-0.2, -0.15) is 0 Å². The van der Waals surface area contributed by atoms with E-state index in [4.69, 9.17) is 9.15 Å². The normalized spacial score (nSPS) is 12.4. The molecule has 5 heteroatoms. The molecule has 0 spiro atoms. The third-order valence-electron chi connectivity index (χ3n) is 2.79. The van der Waals surface area contributed by atoms with Gasteiger partial charge in [-0.15, -0.1) is 0 Å². The largest absolute Gasteiger partial charge is 0.546 e. The van der Waals surface area contributed by atoms with Crippen molar-refractivity contribution in [1.82, 2.24) is 0 Å². The Bertz CT molecular complexity index is 699. The summed E-state index contributed by atoms with van der Waals surface area (Å²) in [6, 6.07) is 4.75. The molecule has 2 rings (SSSR count). The van der Waals surface area contributed by atoms with Crippen LogP contribution in [0.2, 0.25) is 0 Å². The molecule has 0 amide bonds. The van der Waals surface area contributed by atoms with E-state index in [-0.39, 0.29) is 0 Å². The van der Waals surface area contributed by atoms with Crippen LogP contribution in [0.1, 0.15) is 18.1 Å². The third-order valence-corrected chi connectivity index (χ3v) is 2.79. The summed E-state index contributed by atoms with van der Waals surface area (Å²) >= 11 is 0. The minimum absolute atomic E-state index is 0.368. The summed E-state index contributed by atoms with van der Waals surface area (Å²) in [6.45, 7) is 4.93. The smallest absolute Gasteiger partial charge is 0.336 e. The number of rotatable bonds is 3. The first-order chi connectivity index (χ1) is 8.88. The number of aryl methyl sites for hydroxylation is 2. The monoisotopic (exact) mass is 261 g/mol. The number of fused-ring (bicyclic) bond motifs is 1. The topological polar surface area (TPSA) is 79.6 Å². The molecule has 1 heterocycles. The molecule has 0 saturated carbocycles. The molecule has 19 heavy (non-hydrogen) atoms. The van der Waals surface area contributed by atoms with E-state index in [1.54, 1.807) is 26.0 Å². The van der Waals surface area contributed by atoms with Crippen molar-refractivity contribution in [2.45, 2.75) is 26.9 Å². The zero-order valence-electron chi connectivity index (χ0n) is 10.9. The second-order valence-corrected chi connectivity index (χ2v) is 4.46. The molecule has 100 valence electrons. The van der Waals surface area contributed by atoms with Crippen molar-refractivity contribution in [3.05, 3.63) is 39.7 Å². The van der Waals surface area contributed by atoms with E-state index in [9.17, 15) is 14.7 Å². The molecule has 0 fully saturated rings. The molecular formula is C14H13O5-. The van der Waals surface area contributed by atoms with Gasteiger partial charge in [0.25, 0.3) is 0 Å². The van der Waals surface area contributed by atoms with Crippen LogP contribution in [0.5, 0.6) is 5.75 Å². The molecule has 0 aliphatic rings. The lowest BCUT2D eigenvalue weighted by Crippen LogP contribution is -2.37. The standard InChI is InChI=1S/C14H14O5/c1-7-4-10(18-9(3)14(16)17)13-8(2)6-12(15)19-11(13)5-7/h4-6,9H,1-3H3,(H,16,17)/p-1/t9-/m1/s1. The maximum atomic E-state index is 11.3. The first-order valence-corrected chi connectivity index (χ1v) is 5.81. The van der Waals surface area contributed by atoms with E-state index in [1.165, 1.54) is 13.0 Å². The molecule has 0 unspecified atom stereocenters. The molecule has 0 aliphatic heterocycles. The average Bonchev–Trinajstić information content (AvgIpc) is 2.26. The van der Waals surface area contributed by atoms with Gasteiger partial charge >= 0.3 is 5.63 Å². The lowest BCUT2D eigenvalue weighted by molar-refractivity contribution is -0.312. The number of hydrogen-bond acceptors (Lipinski definition) is 5. The van der Waals surface area contributed by atoms with E-state index in [0.29, 0.717) is 22.3 Å². The highest BCUT2D eigenvalue weighted by molar-refractivity contribution is 5.87. The van der Waals surface area contributed by atoms with E-state index in [1.807, 2.05) is 0 Å². The van der Waals surface area contributed by atoms with Crippen molar-refractivity contribution in [2.75, 3.05) is 0 Å². The number of carboxylic acids is 1. The van der Waals surface area contributed by atoms with E-state index in [0.717, 1.165) is 5.56 Å². The third kappa shape index (κ3) is 2.59. The Hall–Kier alpha value is -2.30. The van der Waals surface area contributed by atoms with Gasteiger partial charge < -0.3 is 19.1 Å². The van der Waals surface area contributed by atoms with Gasteiger partial charge in [0, 0.05) is 6.07 Å². The zero-order chi connectivity index (χ0) is 14.2.